The topological polar surface area (TPSA) is 133 Å². The predicted molar refractivity (Wildman–Crippen MR) is 103 cm³/mol. The Morgan fingerprint density at radius 3 is 2.67 bits per heavy atom. The maximum absolute atomic E-state index is 11.8. The van der Waals surface area contributed by atoms with Crippen LogP contribution in [0.4, 0.5) is 10.5 Å². The van der Waals surface area contributed by atoms with Crippen LogP contribution in [0, 0.1) is 0 Å². The number of H-pyrrole nitrogens is 3. The van der Waals surface area contributed by atoms with Gasteiger partial charge in [0.2, 0.25) is 0 Å². The molecule has 3 rings (SSSR count). The third kappa shape index (κ3) is 4.72. The van der Waals surface area contributed by atoms with Gasteiger partial charge in [0.05, 0.1) is 0 Å². The number of carbonyl (C=O) groups is 1. The van der Waals surface area contributed by atoms with Crippen molar-refractivity contribution < 1.29 is 9.53 Å². The summed E-state index contributed by atoms with van der Waals surface area (Å²) in [7, 11) is 0. The summed E-state index contributed by atoms with van der Waals surface area (Å²) in [4.78, 5) is 46.4. The van der Waals surface area contributed by atoms with Crippen molar-refractivity contribution in [1.82, 2.24) is 19.9 Å². The van der Waals surface area contributed by atoms with E-state index in [-0.39, 0.29) is 11.2 Å². The van der Waals surface area contributed by atoms with E-state index in [2.05, 4.69) is 25.3 Å². The standard InChI is InChI=1S/C18H19N5O4/c1-18(2,3)27-17(26)19-11-6-4-5-10(9-11)7-8-12-20-13-14(21-12)22-16(25)23-15(13)24/h4-9H,1-3H3,(H,19,26)(H3,20,21,22,23,24,25). The smallest absolute Gasteiger partial charge is 0.412 e. The maximum Gasteiger partial charge on any atom is 0.412 e. The van der Waals surface area contributed by atoms with Gasteiger partial charge >= 0.3 is 11.8 Å². The lowest BCUT2D eigenvalue weighted by Gasteiger charge is -2.19. The molecule has 0 atom stereocenters. The van der Waals surface area contributed by atoms with Crippen LogP contribution in [0.2, 0.25) is 0 Å². The van der Waals surface area contributed by atoms with Crippen molar-refractivity contribution in [2.75, 3.05) is 5.32 Å². The lowest BCUT2D eigenvalue weighted by molar-refractivity contribution is 0.0636. The van der Waals surface area contributed by atoms with E-state index in [1.807, 2.05) is 6.07 Å². The van der Waals surface area contributed by atoms with Crippen molar-refractivity contribution in [3.05, 3.63) is 56.5 Å². The summed E-state index contributed by atoms with van der Waals surface area (Å²) in [6, 6.07) is 7.13. The second-order valence-electron chi connectivity index (χ2n) is 6.84. The highest BCUT2D eigenvalue weighted by Gasteiger charge is 2.16. The summed E-state index contributed by atoms with van der Waals surface area (Å²) in [6.45, 7) is 5.37. The van der Waals surface area contributed by atoms with Crippen LogP contribution < -0.4 is 16.6 Å². The lowest BCUT2D eigenvalue weighted by atomic mass is 10.2. The monoisotopic (exact) mass is 369 g/mol. The third-order valence-corrected chi connectivity index (χ3v) is 3.37. The Hall–Kier alpha value is -3.62. The summed E-state index contributed by atoms with van der Waals surface area (Å²) in [5.74, 6) is 0.405. The van der Waals surface area contributed by atoms with E-state index in [1.165, 1.54) is 0 Å². The number of hydrogen-bond donors (Lipinski definition) is 4. The highest BCUT2D eigenvalue weighted by atomic mass is 16.6. The Bertz CT molecular complexity index is 1130. The molecule has 0 unspecified atom stereocenters. The Morgan fingerprint density at radius 2 is 1.93 bits per heavy atom. The van der Waals surface area contributed by atoms with Crippen LogP contribution in [0.3, 0.4) is 0 Å². The van der Waals surface area contributed by atoms with E-state index in [0.717, 1.165) is 5.56 Å². The number of amides is 1. The summed E-state index contributed by atoms with van der Waals surface area (Å²) < 4.78 is 5.22. The molecule has 4 N–H and O–H groups in total. The quantitative estimate of drug-likeness (QED) is 0.563. The summed E-state index contributed by atoms with van der Waals surface area (Å²) >= 11 is 0. The highest BCUT2D eigenvalue weighted by Crippen LogP contribution is 2.15. The number of nitrogens with one attached hydrogen (secondary N) is 4. The van der Waals surface area contributed by atoms with E-state index in [0.29, 0.717) is 11.5 Å². The normalized spacial score (nSPS) is 11.8. The molecule has 9 nitrogen and oxygen atoms in total. The molecule has 1 aromatic carbocycles. The van der Waals surface area contributed by atoms with Crippen molar-refractivity contribution in [2.45, 2.75) is 26.4 Å². The number of aromatic nitrogens is 4. The van der Waals surface area contributed by atoms with Crippen molar-refractivity contribution in [1.29, 1.82) is 0 Å². The molecule has 0 bridgehead atoms. The molecule has 2 heterocycles. The zero-order valence-electron chi connectivity index (χ0n) is 15.0. The van der Waals surface area contributed by atoms with Crippen molar-refractivity contribution in [2.24, 2.45) is 0 Å². The number of anilines is 1. The first-order valence-electron chi connectivity index (χ1n) is 8.20. The van der Waals surface area contributed by atoms with Gasteiger partial charge in [-0.2, -0.15) is 0 Å². The second-order valence-corrected chi connectivity index (χ2v) is 6.84. The molecule has 1 amide bonds. The van der Waals surface area contributed by atoms with Gasteiger partial charge in [-0.25, -0.2) is 14.6 Å². The lowest BCUT2D eigenvalue weighted by Crippen LogP contribution is -2.27. The Balaban J connectivity index is 1.78. The van der Waals surface area contributed by atoms with Gasteiger partial charge in [0, 0.05) is 5.69 Å². The van der Waals surface area contributed by atoms with Crippen molar-refractivity contribution in [3.8, 4) is 0 Å². The molecule has 0 radical (unpaired) electrons. The number of ether oxygens (including phenoxy) is 1. The molecular weight excluding hydrogens is 350 g/mol. The molecule has 27 heavy (non-hydrogen) atoms. The number of fused-ring (bicyclic) bond motifs is 1. The van der Waals surface area contributed by atoms with Gasteiger partial charge in [0.1, 0.15) is 16.9 Å². The van der Waals surface area contributed by atoms with Crippen molar-refractivity contribution >= 4 is 35.1 Å². The highest BCUT2D eigenvalue weighted by molar-refractivity contribution is 5.85. The fraction of sp³-hybridized carbons (Fsp3) is 0.222. The van der Waals surface area contributed by atoms with Crippen LogP contribution in [0.1, 0.15) is 32.2 Å². The molecule has 9 heteroatoms. The van der Waals surface area contributed by atoms with Gasteiger partial charge in [-0.3, -0.25) is 20.1 Å². The number of carbonyl (C=O) groups excluding carboxylic acids is 1. The molecule has 140 valence electrons. The van der Waals surface area contributed by atoms with Crippen LogP contribution in [-0.4, -0.2) is 31.6 Å². The Morgan fingerprint density at radius 1 is 1.15 bits per heavy atom. The van der Waals surface area contributed by atoms with Gasteiger partial charge in [-0.05, 0) is 44.5 Å². The largest absolute Gasteiger partial charge is 0.444 e. The van der Waals surface area contributed by atoms with E-state index >= 15 is 0 Å². The SMILES string of the molecule is CC(C)(C)OC(=O)Nc1cccc(C=Cc2nc3[nH]c(=O)[nH]c(=O)c3[nH]2)c1. The third-order valence-electron chi connectivity index (χ3n) is 3.37. The fourth-order valence-electron chi connectivity index (χ4n) is 2.35. The summed E-state index contributed by atoms with van der Waals surface area (Å²) in [5.41, 5.74) is 0.0169. The first-order chi connectivity index (χ1) is 12.7. The molecule has 0 fully saturated rings. The molecule has 3 aromatic rings. The number of hydrogen-bond acceptors (Lipinski definition) is 5. The molecule has 2 aromatic heterocycles. The molecule has 0 saturated carbocycles. The average molecular weight is 369 g/mol. The minimum Gasteiger partial charge on any atom is -0.444 e. The number of nitrogens with zero attached hydrogens (tertiary/aromatic N) is 1. The minimum absolute atomic E-state index is 0.184. The van der Waals surface area contributed by atoms with Crippen LogP contribution in [0.15, 0.2) is 33.9 Å². The Kier molecular flexibility index (Phi) is 4.68. The van der Waals surface area contributed by atoms with Gasteiger partial charge in [0.25, 0.3) is 5.56 Å². The molecular formula is C18H19N5O4. The maximum atomic E-state index is 11.8. The van der Waals surface area contributed by atoms with Gasteiger partial charge in [-0.15, -0.1) is 0 Å². The number of benzene rings is 1. The molecule has 0 saturated heterocycles. The summed E-state index contributed by atoms with van der Waals surface area (Å²) in [6.07, 6.45) is 2.87. The minimum atomic E-state index is -0.615. The molecule has 0 aliphatic heterocycles. The molecule has 0 aliphatic carbocycles. The number of aromatic amines is 3. The molecule has 0 spiro atoms. The van der Waals surface area contributed by atoms with Crippen LogP contribution in [0.5, 0.6) is 0 Å². The zero-order chi connectivity index (χ0) is 19.6. The number of rotatable bonds is 3. The van der Waals surface area contributed by atoms with E-state index < -0.39 is 22.9 Å². The number of imidazole rings is 1. The second kappa shape index (κ2) is 6.94. The first kappa shape index (κ1) is 18.2. The average Bonchev–Trinajstić information content (AvgIpc) is 2.94. The Labute approximate surface area is 153 Å². The van der Waals surface area contributed by atoms with E-state index in [9.17, 15) is 14.4 Å². The fourth-order valence-corrected chi connectivity index (χ4v) is 2.35. The van der Waals surface area contributed by atoms with Gasteiger partial charge < -0.3 is 9.72 Å². The van der Waals surface area contributed by atoms with E-state index in [1.54, 1.807) is 51.1 Å². The van der Waals surface area contributed by atoms with Gasteiger partial charge in [0.15, 0.2) is 5.65 Å². The van der Waals surface area contributed by atoms with Crippen molar-refractivity contribution in [3.63, 3.8) is 0 Å². The van der Waals surface area contributed by atoms with Crippen LogP contribution in [0.25, 0.3) is 23.3 Å². The van der Waals surface area contributed by atoms with Crippen LogP contribution >= 0.6 is 0 Å². The first-order valence-corrected chi connectivity index (χ1v) is 8.20. The molecule has 0 aliphatic rings. The van der Waals surface area contributed by atoms with Crippen LogP contribution in [-0.2, 0) is 4.74 Å². The predicted octanol–water partition coefficient (Wildman–Crippen LogP) is 2.46. The van der Waals surface area contributed by atoms with E-state index in [4.69, 9.17) is 4.74 Å². The summed E-state index contributed by atoms with van der Waals surface area (Å²) in [5, 5.41) is 2.67. The zero-order valence-corrected chi connectivity index (χ0v) is 15.0. The van der Waals surface area contributed by atoms with Gasteiger partial charge in [-0.1, -0.05) is 18.2 Å².